The minimum Gasteiger partial charge on any atom is -0.444 e. The van der Waals surface area contributed by atoms with Gasteiger partial charge in [0.05, 0.1) is 28.7 Å². The second-order valence-electron chi connectivity index (χ2n) is 4.83. The summed E-state index contributed by atoms with van der Waals surface area (Å²) in [6.07, 6.45) is -0.960. The highest BCUT2D eigenvalue weighted by molar-refractivity contribution is 7.89. The third-order valence-corrected chi connectivity index (χ3v) is 5.46. The van der Waals surface area contributed by atoms with E-state index < -0.39 is 22.1 Å². The molecule has 124 valence electrons. The van der Waals surface area contributed by atoms with Crippen LogP contribution in [0.5, 0.6) is 0 Å². The van der Waals surface area contributed by atoms with Crippen molar-refractivity contribution in [1.29, 1.82) is 5.26 Å². The number of hydrogen-bond donors (Lipinski definition) is 0. The van der Waals surface area contributed by atoms with Crippen molar-refractivity contribution < 1.29 is 22.7 Å². The smallest absolute Gasteiger partial charge is 0.340 e. The topological polar surface area (TPSA) is 96.7 Å². The fraction of sp³-hybridized carbons (Fsp3) is 0.429. The number of nitrogens with zero attached hydrogens (tertiary/aromatic N) is 2. The number of rotatable bonds is 4. The molecule has 1 aromatic carbocycles. The zero-order chi connectivity index (χ0) is 17.0. The molecule has 0 N–H and O–H groups in total. The largest absolute Gasteiger partial charge is 0.444 e. The number of halogens is 1. The van der Waals surface area contributed by atoms with Crippen LogP contribution >= 0.6 is 11.6 Å². The maximum Gasteiger partial charge on any atom is 0.340 e. The van der Waals surface area contributed by atoms with E-state index in [0.717, 1.165) is 0 Å². The van der Waals surface area contributed by atoms with Gasteiger partial charge in [0.15, 0.2) is 6.10 Å². The number of ether oxygens (including phenoxy) is 2. The average Bonchev–Trinajstić information content (AvgIpc) is 2.55. The Morgan fingerprint density at radius 1 is 1.43 bits per heavy atom. The lowest BCUT2D eigenvalue weighted by molar-refractivity contribution is 0.0435. The number of sulfonamides is 1. The summed E-state index contributed by atoms with van der Waals surface area (Å²) < 4.78 is 36.4. The molecular weight excluding hydrogens is 344 g/mol. The number of benzene rings is 1. The molecule has 0 aromatic heterocycles. The number of morpholine rings is 1. The molecule has 1 aliphatic heterocycles. The Labute approximate surface area is 139 Å². The van der Waals surface area contributed by atoms with Crippen LogP contribution in [-0.4, -0.2) is 51.1 Å². The third kappa shape index (κ3) is 4.00. The van der Waals surface area contributed by atoms with Crippen molar-refractivity contribution in [2.75, 3.05) is 26.3 Å². The molecule has 1 heterocycles. The van der Waals surface area contributed by atoms with Crippen LogP contribution in [0.3, 0.4) is 0 Å². The number of carbonyl (C=O) groups excluding carboxylic acids is 1. The Kier molecular flexibility index (Phi) is 5.59. The van der Waals surface area contributed by atoms with Gasteiger partial charge < -0.3 is 9.47 Å². The molecule has 1 aromatic rings. The summed E-state index contributed by atoms with van der Waals surface area (Å²) in [7, 11) is -3.75. The van der Waals surface area contributed by atoms with Crippen LogP contribution in [0.2, 0.25) is 5.02 Å². The van der Waals surface area contributed by atoms with Crippen molar-refractivity contribution in [3.63, 3.8) is 0 Å². The van der Waals surface area contributed by atoms with Crippen LogP contribution in [0, 0.1) is 11.3 Å². The fourth-order valence-electron chi connectivity index (χ4n) is 2.01. The van der Waals surface area contributed by atoms with Crippen molar-refractivity contribution in [3.05, 3.63) is 28.8 Å². The van der Waals surface area contributed by atoms with Gasteiger partial charge in [-0.3, -0.25) is 0 Å². The first-order valence-corrected chi connectivity index (χ1v) is 8.66. The summed E-state index contributed by atoms with van der Waals surface area (Å²) in [5.41, 5.74) is -0.0944. The van der Waals surface area contributed by atoms with E-state index in [1.165, 1.54) is 29.4 Å². The van der Waals surface area contributed by atoms with Gasteiger partial charge in [0, 0.05) is 13.1 Å². The molecule has 2 rings (SSSR count). The molecule has 0 saturated carbocycles. The van der Waals surface area contributed by atoms with E-state index in [-0.39, 0.29) is 28.6 Å². The molecule has 9 heteroatoms. The maximum atomic E-state index is 12.6. The molecule has 1 fully saturated rings. The Morgan fingerprint density at radius 3 is 2.70 bits per heavy atom. The van der Waals surface area contributed by atoms with Gasteiger partial charge in [-0.05, 0) is 25.1 Å². The predicted molar refractivity (Wildman–Crippen MR) is 81.5 cm³/mol. The van der Waals surface area contributed by atoms with Crippen LogP contribution in [-0.2, 0) is 19.5 Å². The Morgan fingerprint density at radius 2 is 2.09 bits per heavy atom. The molecular formula is C14H15ClN2O5S. The number of carbonyl (C=O) groups is 1. The van der Waals surface area contributed by atoms with Crippen LogP contribution in [0.1, 0.15) is 17.3 Å². The molecule has 0 aliphatic carbocycles. The van der Waals surface area contributed by atoms with Gasteiger partial charge in [-0.25, -0.2) is 13.2 Å². The SMILES string of the molecule is C[C@@H](C#N)OC(=O)c1cc(S(=O)(=O)N2CCOCC2)ccc1Cl. The molecule has 0 amide bonds. The van der Waals surface area contributed by atoms with Crippen LogP contribution in [0.15, 0.2) is 23.1 Å². The molecule has 0 spiro atoms. The molecule has 0 unspecified atom stereocenters. The molecule has 1 atom stereocenters. The Hall–Kier alpha value is -1.66. The van der Waals surface area contributed by atoms with Gasteiger partial charge in [-0.2, -0.15) is 9.57 Å². The Bertz CT molecular complexity index is 738. The first kappa shape index (κ1) is 17.7. The standard InChI is InChI=1S/C14H15ClN2O5S/c1-10(9-16)22-14(18)12-8-11(2-3-13(12)15)23(19,20)17-4-6-21-7-5-17/h2-3,8,10H,4-7H2,1H3/t10-/m0/s1. The Balaban J connectivity index is 2.33. The molecule has 0 bridgehead atoms. The molecule has 1 saturated heterocycles. The molecule has 7 nitrogen and oxygen atoms in total. The summed E-state index contributed by atoms with van der Waals surface area (Å²) in [6, 6.07) is 5.57. The monoisotopic (exact) mass is 358 g/mol. The molecule has 0 radical (unpaired) electrons. The second-order valence-corrected chi connectivity index (χ2v) is 7.18. The predicted octanol–water partition coefficient (Wildman–Crippen LogP) is 1.43. The zero-order valence-electron chi connectivity index (χ0n) is 12.4. The fourth-order valence-corrected chi connectivity index (χ4v) is 3.64. The lowest BCUT2D eigenvalue weighted by Crippen LogP contribution is -2.40. The minimum atomic E-state index is -3.75. The lowest BCUT2D eigenvalue weighted by Gasteiger charge is -2.26. The van der Waals surface area contributed by atoms with E-state index in [1.54, 1.807) is 6.07 Å². The summed E-state index contributed by atoms with van der Waals surface area (Å²) in [4.78, 5) is 11.9. The van der Waals surface area contributed by atoms with E-state index >= 15 is 0 Å². The highest BCUT2D eigenvalue weighted by Crippen LogP contribution is 2.24. The van der Waals surface area contributed by atoms with Crippen LogP contribution in [0.4, 0.5) is 0 Å². The molecule has 23 heavy (non-hydrogen) atoms. The third-order valence-electron chi connectivity index (χ3n) is 3.23. The van der Waals surface area contributed by atoms with Gasteiger partial charge in [0.2, 0.25) is 10.0 Å². The highest BCUT2D eigenvalue weighted by Gasteiger charge is 2.28. The zero-order valence-corrected chi connectivity index (χ0v) is 13.9. The van der Waals surface area contributed by atoms with Crippen molar-refractivity contribution >= 4 is 27.6 Å². The van der Waals surface area contributed by atoms with Gasteiger partial charge >= 0.3 is 5.97 Å². The number of nitriles is 1. The summed E-state index contributed by atoms with van der Waals surface area (Å²) >= 11 is 5.94. The second kappa shape index (κ2) is 7.27. The van der Waals surface area contributed by atoms with Crippen molar-refractivity contribution in [1.82, 2.24) is 4.31 Å². The highest BCUT2D eigenvalue weighted by atomic mass is 35.5. The normalized spacial score (nSPS) is 17.3. The van der Waals surface area contributed by atoms with Gasteiger partial charge in [-0.15, -0.1) is 0 Å². The van der Waals surface area contributed by atoms with E-state index in [0.29, 0.717) is 13.2 Å². The van der Waals surface area contributed by atoms with Crippen molar-refractivity contribution in [2.45, 2.75) is 17.9 Å². The first-order chi connectivity index (χ1) is 10.9. The summed E-state index contributed by atoms with van der Waals surface area (Å²) in [5.74, 6) is -0.844. The quantitative estimate of drug-likeness (QED) is 0.755. The van der Waals surface area contributed by atoms with Crippen LogP contribution < -0.4 is 0 Å². The van der Waals surface area contributed by atoms with Crippen molar-refractivity contribution in [2.24, 2.45) is 0 Å². The minimum absolute atomic E-state index is 0.0552. The van der Waals surface area contributed by atoms with Gasteiger partial charge in [0.25, 0.3) is 0 Å². The van der Waals surface area contributed by atoms with E-state index in [2.05, 4.69) is 0 Å². The van der Waals surface area contributed by atoms with Gasteiger partial charge in [-0.1, -0.05) is 11.6 Å². The maximum absolute atomic E-state index is 12.6. The van der Waals surface area contributed by atoms with Crippen LogP contribution in [0.25, 0.3) is 0 Å². The number of hydrogen-bond acceptors (Lipinski definition) is 6. The summed E-state index contributed by atoms with van der Waals surface area (Å²) in [5, 5.41) is 8.74. The van der Waals surface area contributed by atoms with Crippen molar-refractivity contribution in [3.8, 4) is 6.07 Å². The van der Waals surface area contributed by atoms with E-state index in [4.69, 9.17) is 26.3 Å². The lowest BCUT2D eigenvalue weighted by atomic mass is 10.2. The summed E-state index contributed by atoms with van der Waals surface area (Å²) in [6.45, 7) is 2.54. The van der Waals surface area contributed by atoms with E-state index in [9.17, 15) is 13.2 Å². The van der Waals surface area contributed by atoms with Gasteiger partial charge in [0.1, 0.15) is 6.07 Å². The van der Waals surface area contributed by atoms with E-state index in [1.807, 2.05) is 0 Å². The first-order valence-electron chi connectivity index (χ1n) is 6.84. The number of esters is 1. The average molecular weight is 359 g/mol. The molecule has 1 aliphatic rings.